The first-order valence-electron chi connectivity index (χ1n) is 8.08. The second kappa shape index (κ2) is 6.19. The average Bonchev–Trinajstić information content (AvgIpc) is 3.02. The summed E-state index contributed by atoms with van der Waals surface area (Å²) in [5, 5.41) is 6.92. The van der Waals surface area contributed by atoms with E-state index in [1.54, 1.807) is 10.9 Å². The second-order valence-electron chi connectivity index (χ2n) is 6.65. The zero-order valence-electron chi connectivity index (χ0n) is 14.5. The molecular formula is C18H23N3O3. The van der Waals surface area contributed by atoms with E-state index in [9.17, 15) is 4.79 Å². The molecular weight excluding hydrogens is 306 g/mol. The normalized spacial score (nSPS) is 14.8. The molecule has 1 aromatic carbocycles. The van der Waals surface area contributed by atoms with Gasteiger partial charge in [-0.15, -0.1) is 0 Å². The van der Waals surface area contributed by atoms with E-state index in [-0.39, 0.29) is 11.5 Å². The number of hydrogen-bond donors (Lipinski definition) is 1. The maximum absolute atomic E-state index is 12.1. The van der Waals surface area contributed by atoms with Crippen molar-refractivity contribution in [3.63, 3.8) is 0 Å². The number of aryl methyl sites for hydroxylation is 1. The van der Waals surface area contributed by atoms with Crippen LogP contribution >= 0.6 is 0 Å². The Morgan fingerprint density at radius 1 is 1.46 bits per heavy atom. The van der Waals surface area contributed by atoms with Gasteiger partial charge < -0.3 is 14.8 Å². The summed E-state index contributed by atoms with van der Waals surface area (Å²) in [7, 11) is 1.81. The van der Waals surface area contributed by atoms with Gasteiger partial charge >= 0.3 is 0 Å². The Kier molecular flexibility index (Phi) is 4.22. The molecule has 24 heavy (non-hydrogen) atoms. The average molecular weight is 329 g/mol. The number of amides is 1. The largest absolute Gasteiger partial charge is 0.488 e. The van der Waals surface area contributed by atoms with Crippen LogP contribution in [0.1, 0.15) is 35.5 Å². The van der Waals surface area contributed by atoms with Crippen LogP contribution in [-0.4, -0.2) is 34.4 Å². The summed E-state index contributed by atoms with van der Waals surface area (Å²) in [5.41, 5.74) is 2.38. The molecule has 0 fully saturated rings. The molecule has 6 nitrogen and oxygen atoms in total. The molecule has 128 valence electrons. The highest BCUT2D eigenvalue weighted by molar-refractivity contribution is 5.94. The summed E-state index contributed by atoms with van der Waals surface area (Å²) in [4.78, 5) is 12.1. The number of nitrogens with one attached hydrogen (secondary N) is 1. The molecule has 1 aliphatic rings. The molecule has 0 saturated carbocycles. The third-order valence-electron chi connectivity index (χ3n) is 4.18. The molecule has 0 unspecified atom stereocenters. The predicted molar refractivity (Wildman–Crippen MR) is 90.6 cm³/mol. The van der Waals surface area contributed by atoms with Crippen LogP contribution < -0.4 is 14.8 Å². The number of aromatic nitrogens is 2. The van der Waals surface area contributed by atoms with Crippen LogP contribution in [0.15, 0.2) is 24.4 Å². The van der Waals surface area contributed by atoms with Crippen LogP contribution in [0, 0.1) is 6.92 Å². The number of benzene rings is 1. The highest BCUT2D eigenvalue weighted by Gasteiger charge is 2.32. The fraction of sp³-hybridized carbons (Fsp3) is 0.444. The first kappa shape index (κ1) is 16.4. The first-order valence-corrected chi connectivity index (χ1v) is 8.08. The summed E-state index contributed by atoms with van der Waals surface area (Å²) in [5.74, 6) is 1.40. The summed E-state index contributed by atoms with van der Waals surface area (Å²) in [6, 6.07) is 5.92. The molecule has 0 bridgehead atoms. The molecule has 0 atom stereocenters. The van der Waals surface area contributed by atoms with E-state index in [4.69, 9.17) is 9.47 Å². The van der Waals surface area contributed by atoms with Crippen molar-refractivity contribution in [1.82, 2.24) is 15.1 Å². The van der Waals surface area contributed by atoms with Gasteiger partial charge in [0.2, 0.25) is 0 Å². The molecule has 2 aromatic rings. The molecule has 6 heteroatoms. The van der Waals surface area contributed by atoms with Gasteiger partial charge in [-0.25, -0.2) is 0 Å². The zero-order chi connectivity index (χ0) is 17.3. The van der Waals surface area contributed by atoms with E-state index in [1.165, 1.54) is 0 Å². The van der Waals surface area contributed by atoms with Gasteiger partial charge in [-0.05, 0) is 26.8 Å². The van der Waals surface area contributed by atoms with Crippen LogP contribution in [0.3, 0.4) is 0 Å². The summed E-state index contributed by atoms with van der Waals surface area (Å²) in [6.07, 6.45) is 2.45. The number of fused-ring (bicyclic) bond motifs is 1. The second-order valence-corrected chi connectivity index (χ2v) is 6.65. The highest BCUT2D eigenvalue weighted by Crippen LogP contribution is 2.41. The van der Waals surface area contributed by atoms with E-state index < -0.39 is 0 Å². The maximum Gasteiger partial charge on any atom is 0.254 e. The number of nitrogens with zero attached hydrogens (tertiary/aromatic N) is 2. The van der Waals surface area contributed by atoms with Crippen LogP contribution in [0.2, 0.25) is 0 Å². The van der Waals surface area contributed by atoms with Gasteiger partial charge in [0.1, 0.15) is 12.2 Å². The van der Waals surface area contributed by atoms with E-state index in [0.29, 0.717) is 18.7 Å². The third kappa shape index (κ3) is 3.22. The van der Waals surface area contributed by atoms with Gasteiger partial charge in [0.05, 0.1) is 18.3 Å². The topological polar surface area (TPSA) is 65.4 Å². The van der Waals surface area contributed by atoms with Crippen molar-refractivity contribution in [2.45, 2.75) is 32.8 Å². The van der Waals surface area contributed by atoms with E-state index in [1.807, 2.05) is 26.1 Å². The lowest BCUT2D eigenvalue weighted by Gasteiger charge is -2.18. The molecule has 0 radical (unpaired) electrons. The molecule has 0 saturated heterocycles. The number of ether oxygens (including phenoxy) is 2. The van der Waals surface area contributed by atoms with Gasteiger partial charge in [-0.3, -0.25) is 9.48 Å². The fourth-order valence-electron chi connectivity index (χ4n) is 2.84. The van der Waals surface area contributed by atoms with Gasteiger partial charge in [0.25, 0.3) is 5.91 Å². The summed E-state index contributed by atoms with van der Waals surface area (Å²) >= 11 is 0. The molecule has 0 spiro atoms. The standard InChI is InChI=1S/C18H23N3O3/c1-12-14(11-20-21(12)4)17(22)19-8-9-23-15-7-5-6-13-10-18(2,3)24-16(13)15/h5-7,11H,8-10H2,1-4H3,(H,19,22). The van der Waals surface area contributed by atoms with Gasteiger partial charge in [-0.1, -0.05) is 12.1 Å². The molecule has 1 amide bonds. The number of hydrogen-bond acceptors (Lipinski definition) is 4. The third-order valence-corrected chi connectivity index (χ3v) is 4.18. The van der Waals surface area contributed by atoms with Crippen molar-refractivity contribution in [3.05, 3.63) is 41.2 Å². The first-order chi connectivity index (χ1) is 11.4. The van der Waals surface area contributed by atoms with Crippen molar-refractivity contribution in [1.29, 1.82) is 0 Å². The van der Waals surface area contributed by atoms with E-state index in [0.717, 1.165) is 29.2 Å². The Labute approximate surface area is 141 Å². The number of para-hydroxylation sites is 1. The Bertz CT molecular complexity index is 765. The summed E-state index contributed by atoms with van der Waals surface area (Å²) < 4.78 is 13.4. The minimum Gasteiger partial charge on any atom is -0.488 e. The highest BCUT2D eigenvalue weighted by atomic mass is 16.5. The minimum atomic E-state index is -0.201. The number of rotatable bonds is 5. The smallest absolute Gasteiger partial charge is 0.254 e. The van der Waals surface area contributed by atoms with Crippen molar-refractivity contribution in [2.75, 3.05) is 13.2 Å². The monoisotopic (exact) mass is 329 g/mol. The van der Waals surface area contributed by atoms with Crippen molar-refractivity contribution in [3.8, 4) is 11.5 Å². The van der Waals surface area contributed by atoms with E-state index >= 15 is 0 Å². The number of carbonyl (C=O) groups excluding carboxylic acids is 1. The zero-order valence-corrected chi connectivity index (χ0v) is 14.5. The lowest BCUT2D eigenvalue weighted by atomic mass is 10.0. The molecule has 2 heterocycles. The van der Waals surface area contributed by atoms with Crippen molar-refractivity contribution >= 4 is 5.91 Å². The van der Waals surface area contributed by atoms with Gasteiger partial charge in [0.15, 0.2) is 11.5 Å². The Hall–Kier alpha value is -2.50. The van der Waals surface area contributed by atoms with E-state index in [2.05, 4.69) is 30.3 Å². The molecule has 1 N–H and O–H groups in total. The van der Waals surface area contributed by atoms with Crippen LogP contribution in [0.5, 0.6) is 11.5 Å². The predicted octanol–water partition coefficient (Wildman–Crippen LogP) is 2.25. The van der Waals surface area contributed by atoms with Gasteiger partial charge in [0, 0.05) is 24.7 Å². The SMILES string of the molecule is Cc1c(C(=O)NCCOc2cccc3c2OC(C)(C)C3)cnn1C. The Balaban J connectivity index is 1.54. The van der Waals surface area contributed by atoms with Crippen LogP contribution in [0.4, 0.5) is 0 Å². The quantitative estimate of drug-likeness (QED) is 0.855. The fourth-order valence-corrected chi connectivity index (χ4v) is 2.84. The summed E-state index contributed by atoms with van der Waals surface area (Å²) in [6.45, 7) is 6.79. The lowest BCUT2D eigenvalue weighted by Crippen LogP contribution is -2.28. The van der Waals surface area contributed by atoms with Crippen molar-refractivity contribution < 1.29 is 14.3 Å². The lowest BCUT2D eigenvalue weighted by molar-refractivity contribution is 0.0945. The maximum atomic E-state index is 12.1. The van der Waals surface area contributed by atoms with Gasteiger partial charge in [-0.2, -0.15) is 5.10 Å². The molecule has 1 aliphatic heterocycles. The molecule has 0 aliphatic carbocycles. The van der Waals surface area contributed by atoms with Crippen LogP contribution in [0.25, 0.3) is 0 Å². The minimum absolute atomic E-state index is 0.139. The molecule has 3 rings (SSSR count). The Morgan fingerprint density at radius 2 is 2.25 bits per heavy atom. The molecule has 1 aromatic heterocycles. The van der Waals surface area contributed by atoms with Crippen molar-refractivity contribution in [2.24, 2.45) is 7.05 Å². The Morgan fingerprint density at radius 3 is 2.96 bits per heavy atom. The number of carbonyl (C=O) groups is 1. The van der Waals surface area contributed by atoms with Crippen LogP contribution in [-0.2, 0) is 13.5 Å².